The summed E-state index contributed by atoms with van der Waals surface area (Å²) in [4.78, 5) is 11.7. The number of nitrogens with one attached hydrogen (secondary N) is 2. The second-order valence-corrected chi connectivity index (χ2v) is 5.20. The lowest BCUT2D eigenvalue weighted by molar-refractivity contribution is 0.238. The fourth-order valence-electron chi connectivity index (χ4n) is 2.09. The first-order valence-electron chi connectivity index (χ1n) is 7.50. The summed E-state index contributed by atoms with van der Waals surface area (Å²) in [6, 6.07) is 7.52. The van der Waals surface area contributed by atoms with Crippen LogP contribution in [0.4, 0.5) is 9.18 Å². The quantitative estimate of drug-likeness (QED) is 0.769. The Labute approximate surface area is 134 Å². The van der Waals surface area contributed by atoms with Crippen molar-refractivity contribution in [2.75, 3.05) is 13.2 Å². The molecule has 0 bridgehead atoms. The fourth-order valence-corrected chi connectivity index (χ4v) is 2.09. The van der Waals surface area contributed by atoms with Gasteiger partial charge in [0.2, 0.25) is 0 Å². The van der Waals surface area contributed by atoms with Gasteiger partial charge in [-0.2, -0.15) is 0 Å². The molecule has 2 aromatic rings. The molecule has 2 amide bonds. The van der Waals surface area contributed by atoms with Gasteiger partial charge in [0, 0.05) is 18.7 Å². The predicted molar refractivity (Wildman–Crippen MR) is 84.9 cm³/mol. The summed E-state index contributed by atoms with van der Waals surface area (Å²) in [5.41, 5.74) is 0.970. The predicted octanol–water partition coefficient (Wildman–Crippen LogP) is 3.30. The van der Waals surface area contributed by atoms with Crippen molar-refractivity contribution in [2.24, 2.45) is 0 Å². The Bertz CT molecular complexity index is 638. The van der Waals surface area contributed by atoms with E-state index in [0.29, 0.717) is 31.9 Å². The maximum atomic E-state index is 12.7. The normalized spacial score (nSPS) is 10.4. The molecule has 5 nitrogen and oxygen atoms in total. The number of halogens is 1. The van der Waals surface area contributed by atoms with Gasteiger partial charge in [-0.1, -0.05) is 0 Å². The number of urea groups is 1. The number of benzene rings is 1. The zero-order valence-corrected chi connectivity index (χ0v) is 13.3. The monoisotopic (exact) mass is 320 g/mol. The molecule has 1 aromatic heterocycles. The van der Waals surface area contributed by atoms with Crippen molar-refractivity contribution in [3.63, 3.8) is 0 Å². The van der Waals surface area contributed by atoms with Crippen LogP contribution in [-0.2, 0) is 6.54 Å². The van der Waals surface area contributed by atoms with Crippen LogP contribution in [0.3, 0.4) is 0 Å². The number of amides is 2. The highest BCUT2D eigenvalue weighted by Crippen LogP contribution is 2.13. The summed E-state index contributed by atoms with van der Waals surface area (Å²) in [6.45, 7) is 5.12. The number of carbonyl (C=O) groups excluding carboxylic acids is 1. The van der Waals surface area contributed by atoms with E-state index in [1.165, 1.54) is 12.1 Å². The highest BCUT2D eigenvalue weighted by atomic mass is 19.1. The lowest BCUT2D eigenvalue weighted by Gasteiger charge is -2.08. The molecule has 6 heteroatoms. The standard InChI is InChI=1S/C17H21FN2O3/c1-12-10-14(13(2)23-12)11-20-17(21)19-8-3-9-22-16-6-4-15(18)5-7-16/h4-7,10H,3,8-9,11H2,1-2H3,(H2,19,20,21). The van der Waals surface area contributed by atoms with Crippen molar-refractivity contribution in [3.8, 4) is 5.75 Å². The molecule has 0 aliphatic heterocycles. The van der Waals surface area contributed by atoms with Crippen LogP contribution in [0.15, 0.2) is 34.7 Å². The molecule has 0 radical (unpaired) electrons. The first kappa shape index (κ1) is 16.9. The number of hydrogen-bond donors (Lipinski definition) is 2. The molecule has 0 saturated heterocycles. The maximum Gasteiger partial charge on any atom is 0.315 e. The molecule has 124 valence electrons. The van der Waals surface area contributed by atoms with Crippen LogP contribution in [0.25, 0.3) is 0 Å². The summed E-state index contributed by atoms with van der Waals surface area (Å²) in [7, 11) is 0. The molecule has 1 heterocycles. The highest BCUT2D eigenvalue weighted by molar-refractivity contribution is 5.73. The van der Waals surface area contributed by atoms with E-state index in [2.05, 4.69) is 10.6 Å². The molecular weight excluding hydrogens is 299 g/mol. The van der Waals surface area contributed by atoms with E-state index in [0.717, 1.165) is 17.1 Å². The molecular formula is C17H21FN2O3. The Morgan fingerprint density at radius 2 is 1.96 bits per heavy atom. The highest BCUT2D eigenvalue weighted by Gasteiger charge is 2.06. The summed E-state index contributed by atoms with van der Waals surface area (Å²) in [5, 5.41) is 5.53. The van der Waals surface area contributed by atoms with Crippen molar-refractivity contribution in [2.45, 2.75) is 26.8 Å². The third-order valence-electron chi connectivity index (χ3n) is 3.27. The van der Waals surface area contributed by atoms with Gasteiger partial charge in [0.25, 0.3) is 0 Å². The molecule has 0 atom stereocenters. The summed E-state index contributed by atoms with van der Waals surface area (Å²) >= 11 is 0. The van der Waals surface area contributed by atoms with Gasteiger partial charge in [-0.05, 0) is 50.6 Å². The zero-order valence-electron chi connectivity index (χ0n) is 13.3. The zero-order chi connectivity index (χ0) is 16.7. The molecule has 0 unspecified atom stereocenters. The number of carbonyl (C=O) groups is 1. The molecule has 0 spiro atoms. The van der Waals surface area contributed by atoms with Gasteiger partial charge < -0.3 is 19.8 Å². The first-order valence-corrected chi connectivity index (χ1v) is 7.50. The number of ether oxygens (including phenoxy) is 1. The number of furan rings is 1. The lowest BCUT2D eigenvalue weighted by Crippen LogP contribution is -2.36. The fraction of sp³-hybridized carbons (Fsp3) is 0.353. The average molecular weight is 320 g/mol. The Morgan fingerprint density at radius 3 is 2.61 bits per heavy atom. The molecule has 2 rings (SSSR count). The van der Waals surface area contributed by atoms with E-state index in [9.17, 15) is 9.18 Å². The van der Waals surface area contributed by atoms with Crippen molar-refractivity contribution in [1.29, 1.82) is 0 Å². The van der Waals surface area contributed by atoms with Gasteiger partial charge >= 0.3 is 6.03 Å². The van der Waals surface area contributed by atoms with Crippen molar-refractivity contribution in [3.05, 3.63) is 53.2 Å². The topological polar surface area (TPSA) is 63.5 Å². The SMILES string of the molecule is Cc1cc(CNC(=O)NCCCOc2ccc(F)cc2)c(C)o1. The molecule has 0 fully saturated rings. The van der Waals surface area contributed by atoms with Crippen LogP contribution in [0, 0.1) is 19.7 Å². The number of hydrogen-bond acceptors (Lipinski definition) is 3. The van der Waals surface area contributed by atoms with E-state index in [4.69, 9.17) is 9.15 Å². The molecule has 0 aliphatic rings. The lowest BCUT2D eigenvalue weighted by atomic mass is 10.2. The van der Waals surface area contributed by atoms with E-state index in [1.54, 1.807) is 12.1 Å². The summed E-state index contributed by atoms with van der Waals surface area (Å²) in [5.74, 6) is 1.97. The van der Waals surface area contributed by atoms with Crippen LogP contribution in [0.5, 0.6) is 5.75 Å². The summed E-state index contributed by atoms with van der Waals surface area (Å²) in [6.07, 6.45) is 0.661. The third kappa shape index (κ3) is 5.65. The molecule has 0 saturated carbocycles. The Balaban J connectivity index is 1.58. The van der Waals surface area contributed by atoms with E-state index in [1.807, 2.05) is 19.9 Å². The minimum atomic E-state index is -0.293. The van der Waals surface area contributed by atoms with Crippen molar-refractivity contribution < 1.29 is 18.3 Å². The summed E-state index contributed by atoms with van der Waals surface area (Å²) < 4.78 is 23.6. The van der Waals surface area contributed by atoms with Crippen LogP contribution in [-0.4, -0.2) is 19.2 Å². The van der Waals surface area contributed by atoms with Crippen LogP contribution in [0.1, 0.15) is 23.5 Å². The van der Waals surface area contributed by atoms with E-state index < -0.39 is 0 Å². The second kappa shape index (κ2) is 8.22. The first-order chi connectivity index (χ1) is 11.0. The minimum absolute atomic E-state index is 0.231. The molecule has 0 aliphatic carbocycles. The van der Waals surface area contributed by atoms with E-state index in [-0.39, 0.29) is 11.8 Å². The maximum absolute atomic E-state index is 12.7. The smallest absolute Gasteiger partial charge is 0.315 e. The largest absolute Gasteiger partial charge is 0.494 e. The van der Waals surface area contributed by atoms with Crippen LogP contribution in [0.2, 0.25) is 0 Å². The van der Waals surface area contributed by atoms with Gasteiger partial charge in [0.1, 0.15) is 23.1 Å². The molecule has 2 N–H and O–H groups in total. The van der Waals surface area contributed by atoms with Gasteiger partial charge in [-0.25, -0.2) is 9.18 Å². The third-order valence-corrected chi connectivity index (χ3v) is 3.27. The van der Waals surface area contributed by atoms with Gasteiger partial charge in [-0.3, -0.25) is 0 Å². The van der Waals surface area contributed by atoms with Crippen LogP contribution >= 0.6 is 0 Å². The number of aryl methyl sites for hydroxylation is 2. The van der Waals surface area contributed by atoms with Gasteiger partial charge in [0.15, 0.2) is 0 Å². The van der Waals surface area contributed by atoms with Crippen molar-refractivity contribution in [1.82, 2.24) is 10.6 Å². The second-order valence-electron chi connectivity index (χ2n) is 5.20. The van der Waals surface area contributed by atoms with E-state index >= 15 is 0 Å². The Hall–Kier alpha value is -2.50. The number of rotatable bonds is 7. The molecule has 23 heavy (non-hydrogen) atoms. The van der Waals surface area contributed by atoms with Crippen LogP contribution < -0.4 is 15.4 Å². The Kier molecular flexibility index (Phi) is 6.02. The molecule has 1 aromatic carbocycles. The Morgan fingerprint density at radius 1 is 1.22 bits per heavy atom. The van der Waals surface area contributed by atoms with Gasteiger partial charge in [-0.15, -0.1) is 0 Å². The van der Waals surface area contributed by atoms with Crippen molar-refractivity contribution >= 4 is 6.03 Å². The minimum Gasteiger partial charge on any atom is -0.494 e. The van der Waals surface area contributed by atoms with Gasteiger partial charge in [0.05, 0.1) is 6.61 Å². The average Bonchev–Trinajstić information content (AvgIpc) is 2.84.